The first-order chi connectivity index (χ1) is 10.5. The van der Waals surface area contributed by atoms with Crippen molar-refractivity contribution in [3.63, 3.8) is 0 Å². The Morgan fingerprint density at radius 1 is 1.23 bits per heavy atom. The number of aromatic nitrogens is 3. The van der Waals surface area contributed by atoms with Gasteiger partial charge in [-0.2, -0.15) is 13.2 Å². The van der Waals surface area contributed by atoms with Gasteiger partial charge in [-0.15, -0.1) is 0 Å². The number of hydrogen-bond acceptors (Lipinski definition) is 5. The fourth-order valence-corrected chi connectivity index (χ4v) is 2.55. The van der Waals surface area contributed by atoms with Crippen molar-refractivity contribution in [3.8, 4) is 11.5 Å². The minimum Gasteiger partial charge on any atom is -0.383 e. The van der Waals surface area contributed by atoms with Crippen LogP contribution in [0.4, 0.5) is 19.0 Å². The molecule has 3 rings (SSSR count). The fourth-order valence-electron chi connectivity index (χ4n) is 2.55. The van der Waals surface area contributed by atoms with Gasteiger partial charge in [0.15, 0.2) is 5.82 Å². The zero-order valence-corrected chi connectivity index (χ0v) is 11.6. The Labute approximate surface area is 124 Å². The monoisotopic (exact) mass is 309 g/mol. The molecule has 2 aromatic rings. The molecule has 1 atom stereocenters. The van der Waals surface area contributed by atoms with Gasteiger partial charge in [-0.25, -0.2) is 9.97 Å². The lowest BCUT2D eigenvalue weighted by Crippen LogP contribution is -2.31. The lowest BCUT2D eigenvalue weighted by Gasteiger charge is -2.21. The van der Waals surface area contributed by atoms with Crippen molar-refractivity contribution in [1.82, 2.24) is 20.3 Å². The molecule has 1 unspecified atom stereocenters. The molecule has 116 valence electrons. The van der Waals surface area contributed by atoms with Gasteiger partial charge in [-0.3, -0.25) is 4.98 Å². The third kappa shape index (κ3) is 2.74. The number of halogens is 3. The summed E-state index contributed by atoms with van der Waals surface area (Å²) in [5, 5.41) is 2.78. The van der Waals surface area contributed by atoms with Crippen molar-refractivity contribution >= 4 is 5.82 Å². The van der Waals surface area contributed by atoms with E-state index in [0.29, 0.717) is 24.4 Å². The van der Waals surface area contributed by atoms with Gasteiger partial charge < -0.3 is 11.1 Å². The van der Waals surface area contributed by atoms with Gasteiger partial charge in [0.05, 0.1) is 11.6 Å². The zero-order chi connectivity index (χ0) is 15.7. The largest absolute Gasteiger partial charge is 0.397 e. The van der Waals surface area contributed by atoms with Crippen LogP contribution in [0.3, 0.4) is 0 Å². The van der Waals surface area contributed by atoms with Crippen LogP contribution in [0.25, 0.3) is 11.5 Å². The van der Waals surface area contributed by atoms with E-state index in [2.05, 4.69) is 20.3 Å². The number of nitrogens with zero attached hydrogens (tertiary/aromatic N) is 3. The summed E-state index contributed by atoms with van der Waals surface area (Å²) >= 11 is 0. The summed E-state index contributed by atoms with van der Waals surface area (Å²) in [4.78, 5) is 12.4. The van der Waals surface area contributed by atoms with Gasteiger partial charge in [-0.05, 0) is 12.1 Å². The molecule has 0 bridgehead atoms. The molecule has 3 N–H and O–H groups in total. The van der Waals surface area contributed by atoms with Crippen molar-refractivity contribution < 1.29 is 13.2 Å². The summed E-state index contributed by atoms with van der Waals surface area (Å²) < 4.78 is 39.7. The van der Waals surface area contributed by atoms with Crippen molar-refractivity contribution in [2.24, 2.45) is 0 Å². The quantitative estimate of drug-likeness (QED) is 0.841. The van der Waals surface area contributed by atoms with Gasteiger partial charge in [0.1, 0.15) is 11.5 Å². The van der Waals surface area contributed by atoms with Gasteiger partial charge in [0, 0.05) is 31.3 Å². The predicted molar refractivity (Wildman–Crippen MR) is 75.0 cm³/mol. The number of nitrogens with one attached hydrogen (secondary N) is 1. The van der Waals surface area contributed by atoms with Crippen LogP contribution < -0.4 is 11.1 Å². The highest BCUT2D eigenvalue weighted by Crippen LogP contribution is 2.39. The van der Waals surface area contributed by atoms with E-state index in [9.17, 15) is 13.2 Å². The van der Waals surface area contributed by atoms with Crippen LogP contribution in [0.2, 0.25) is 0 Å². The van der Waals surface area contributed by atoms with E-state index in [1.165, 1.54) is 0 Å². The molecule has 1 aliphatic heterocycles. The second-order valence-corrected chi connectivity index (χ2v) is 5.06. The molecule has 1 aliphatic rings. The van der Waals surface area contributed by atoms with Crippen molar-refractivity contribution in [3.05, 3.63) is 35.7 Å². The van der Waals surface area contributed by atoms with Crippen LogP contribution in [0.15, 0.2) is 24.4 Å². The van der Waals surface area contributed by atoms with E-state index in [1.807, 2.05) is 0 Å². The van der Waals surface area contributed by atoms with Gasteiger partial charge >= 0.3 is 6.18 Å². The Hall–Kier alpha value is -2.22. The molecule has 0 radical (unpaired) electrons. The maximum absolute atomic E-state index is 13.2. The highest BCUT2D eigenvalue weighted by atomic mass is 19.4. The first-order valence-corrected chi connectivity index (χ1v) is 6.82. The molecule has 0 aliphatic carbocycles. The molecule has 0 aromatic carbocycles. The summed E-state index contributed by atoms with van der Waals surface area (Å²) in [7, 11) is 0. The standard InChI is InChI=1S/C14H14F3N5/c15-14(16,17)8-7-19-6-4-9-11(8)12(18)22-13(21-9)10-3-1-2-5-20-10/h1-3,5,8,19H,4,6-7H2,(H2,18,21,22). The Balaban J connectivity index is 2.12. The maximum Gasteiger partial charge on any atom is 0.397 e. The number of alkyl halides is 3. The van der Waals surface area contributed by atoms with Crippen LogP contribution in [0.5, 0.6) is 0 Å². The van der Waals surface area contributed by atoms with Crippen LogP contribution >= 0.6 is 0 Å². The third-order valence-electron chi connectivity index (χ3n) is 3.58. The molecular weight excluding hydrogens is 295 g/mol. The average molecular weight is 309 g/mol. The number of fused-ring (bicyclic) bond motifs is 1. The molecule has 22 heavy (non-hydrogen) atoms. The molecule has 5 nitrogen and oxygen atoms in total. The molecule has 2 aromatic heterocycles. The van der Waals surface area contributed by atoms with Crippen LogP contribution in [-0.2, 0) is 6.42 Å². The molecule has 0 saturated carbocycles. The van der Waals surface area contributed by atoms with E-state index >= 15 is 0 Å². The molecule has 8 heteroatoms. The Kier molecular flexibility index (Phi) is 3.69. The smallest absolute Gasteiger partial charge is 0.383 e. The number of rotatable bonds is 1. The summed E-state index contributed by atoms with van der Waals surface area (Å²) in [6, 6.07) is 5.19. The molecule has 3 heterocycles. The summed E-state index contributed by atoms with van der Waals surface area (Å²) in [5.41, 5.74) is 6.63. The van der Waals surface area contributed by atoms with Gasteiger partial charge in [-0.1, -0.05) is 6.07 Å². The highest BCUT2D eigenvalue weighted by Gasteiger charge is 2.44. The summed E-state index contributed by atoms with van der Waals surface area (Å²) in [6.07, 6.45) is -2.45. The second kappa shape index (κ2) is 5.53. The Bertz CT molecular complexity index is 672. The number of nitrogen functional groups attached to an aromatic ring is 1. The predicted octanol–water partition coefficient (Wildman–Crippen LogP) is 1.91. The number of anilines is 1. The van der Waals surface area contributed by atoms with E-state index in [4.69, 9.17) is 5.73 Å². The Morgan fingerprint density at radius 2 is 2.05 bits per heavy atom. The number of nitrogens with two attached hydrogens (primary N) is 1. The zero-order valence-electron chi connectivity index (χ0n) is 11.6. The highest BCUT2D eigenvalue weighted by molar-refractivity contribution is 5.56. The molecule has 0 amide bonds. The van der Waals surface area contributed by atoms with Crippen LogP contribution in [0, 0.1) is 0 Å². The minimum atomic E-state index is -4.39. The van der Waals surface area contributed by atoms with E-state index in [1.54, 1.807) is 24.4 Å². The van der Waals surface area contributed by atoms with E-state index in [-0.39, 0.29) is 23.8 Å². The molecular formula is C14H14F3N5. The van der Waals surface area contributed by atoms with Crippen molar-refractivity contribution in [2.45, 2.75) is 18.5 Å². The summed E-state index contributed by atoms with van der Waals surface area (Å²) in [5.74, 6) is -1.57. The van der Waals surface area contributed by atoms with Gasteiger partial charge in [0.25, 0.3) is 0 Å². The lowest BCUT2D eigenvalue weighted by atomic mass is 9.97. The molecule has 0 saturated heterocycles. The SMILES string of the molecule is Nc1nc(-c2ccccn2)nc2c1C(C(F)(F)F)CNCC2. The van der Waals surface area contributed by atoms with E-state index < -0.39 is 12.1 Å². The first kappa shape index (κ1) is 14.7. The number of hydrogen-bond donors (Lipinski definition) is 2. The molecule has 0 spiro atoms. The maximum atomic E-state index is 13.2. The number of pyridine rings is 1. The summed E-state index contributed by atoms with van der Waals surface area (Å²) in [6.45, 7) is 0.199. The van der Waals surface area contributed by atoms with Crippen LogP contribution in [0.1, 0.15) is 17.2 Å². The lowest BCUT2D eigenvalue weighted by molar-refractivity contribution is -0.149. The van der Waals surface area contributed by atoms with Crippen molar-refractivity contribution in [1.29, 1.82) is 0 Å². The van der Waals surface area contributed by atoms with Crippen LogP contribution in [-0.4, -0.2) is 34.2 Å². The van der Waals surface area contributed by atoms with Crippen molar-refractivity contribution in [2.75, 3.05) is 18.8 Å². The minimum absolute atomic E-state index is 0.0165. The van der Waals surface area contributed by atoms with E-state index in [0.717, 1.165) is 0 Å². The first-order valence-electron chi connectivity index (χ1n) is 6.82. The van der Waals surface area contributed by atoms with Gasteiger partial charge in [0.2, 0.25) is 0 Å². The molecule has 0 fully saturated rings. The third-order valence-corrected chi connectivity index (χ3v) is 3.58. The average Bonchev–Trinajstić information content (AvgIpc) is 2.70. The topological polar surface area (TPSA) is 76.7 Å². The second-order valence-electron chi connectivity index (χ2n) is 5.06. The normalized spacial score (nSPS) is 18.6. The fraction of sp³-hybridized carbons (Fsp3) is 0.357. The Morgan fingerprint density at radius 3 is 2.73 bits per heavy atom.